The molecule has 0 atom stereocenters. The van der Waals surface area contributed by atoms with E-state index in [-0.39, 0.29) is 22.6 Å². The minimum atomic E-state index is -0.192. The van der Waals surface area contributed by atoms with E-state index >= 15 is 0 Å². The maximum absolute atomic E-state index is 12.9. The van der Waals surface area contributed by atoms with E-state index in [0.29, 0.717) is 39.7 Å². The standard InChI is InChI=1S/C18H18N2O3.C16H14N2O3/c1-4-12-9-15(23-3)10-16-17(12)18(21)20(11-19-16)13-5-7-14(22-2)8-6-13;1-2-10-7-13(20)8-14-15(10)16(21)18(9-17-14)11-3-5-12(19)6-4-11/h5-11H,4H2,1-3H3;3-9,19-20H,2H2,1H3. The van der Waals surface area contributed by atoms with Gasteiger partial charge in [0.15, 0.2) is 0 Å². The zero-order valence-corrected chi connectivity index (χ0v) is 24.8. The van der Waals surface area contributed by atoms with E-state index < -0.39 is 0 Å². The molecule has 2 heterocycles. The summed E-state index contributed by atoms with van der Waals surface area (Å²) in [6.45, 7) is 3.93. The Balaban J connectivity index is 0.000000175. The van der Waals surface area contributed by atoms with Gasteiger partial charge in [-0.05, 0) is 84.6 Å². The van der Waals surface area contributed by atoms with Crippen molar-refractivity contribution in [3.05, 3.63) is 117 Å². The van der Waals surface area contributed by atoms with Gasteiger partial charge in [-0.25, -0.2) is 9.97 Å². The number of nitrogens with zero attached hydrogens (tertiary/aromatic N) is 4. The maximum Gasteiger partial charge on any atom is 0.266 e. The van der Waals surface area contributed by atoms with Crippen LogP contribution in [0.25, 0.3) is 33.2 Å². The lowest BCUT2D eigenvalue weighted by molar-refractivity contribution is 0.414. The minimum Gasteiger partial charge on any atom is -0.508 e. The van der Waals surface area contributed by atoms with E-state index in [1.807, 2.05) is 44.2 Å². The van der Waals surface area contributed by atoms with Crippen LogP contribution in [0.4, 0.5) is 0 Å². The van der Waals surface area contributed by atoms with Crippen LogP contribution in [0.3, 0.4) is 0 Å². The van der Waals surface area contributed by atoms with E-state index in [2.05, 4.69) is 9.97 Å². The fourth-order valence-corrected chi connectivity index (χ4v) is 5.01. The first-order chi connectivity index (χ1) is 21.3. The molecule has 0 fully saturated rings. The van der Waals surface area contributed by atoms with Crippen molar-refractivity contribution in [3.63, 3.8) is 0 Å². The van der Waals surface area contributed by atoms with Crippen LogP contribution in [0.1, 0.15) is 25.0 Å². The summed E-state index contributed by atoms with van der Waals surface area (Å²) in [6, 6.07) is 20.4. The number of fused-ring (bicyclic) bond motifs is 2. The Kier molecular flexibility index (Phi) is 8.61. The molecule has 0 saturated carbocycles. The lowest BCUT2D eigenvalue weighted by atomic mass is 10.1. The Hall–Kier alpha value is -5.64. The molecule has 0 saturated heterocycles. The molecule has 0 aliphatic carbocycles. The van der Waals surface area contributed by atoms with Crippen molar-refractivity contribution in [2.45, 2.75) is 26.7 Å². The van der Waals surface area contributed by atoms with Crippen molar-refractivity contribution in [1.82, 2.24) is 19.1 Å². The Bertz CT molecular complexity index is 2070. The Morgan fingerprint density at radius 1 is 0.614 bits per heavy atom. The van der Waals surface area contributed by atoms with Gasteiger partial charge in [-0.3, -0.25) is 18.7 Å². The van der Waals surface area contributed by atoms with E-state index in [1.165, 1.54) is 29.1 Å². The predicted molar refractivity (Wildman–Crippen MR) is 170 cm³/mol. The second-order valence-corrected chi connectivity index (χ2v) is 9.94. The highest BCUT2D eigenvalue weighted by Gasteiger charge is 2.13. The second kappa shape index (κ2) is 12.7. The number of hydrogen-bond acceptors (Lipinski definition) is 8. The van der Waals surface area contributed by atoms with E-state index in [4.69, 9.17) is 9.47 Å². The van der Waals surface area contributed by atoms with Gasteiger partial charge in [0.25, 0.3) is 11.1 Å². The summed E-state index contributed by atoms with van der Waals surface area (Å²) >= 11 is 0. The molecule has 0 radical (unpaired) electrons. The van der Waals surface area contributed by atoms with Crippen LogP contribution < -0.4 is 20.6 Å². The highest BCUT2D eigenvalue weighted by atomic mass is 16.5. The first kappa shape index (κ1) is 29.8. The lowest BCUT2D eigenvalue weighted by Crippen LogP contribution is -2.20. The SMILES string of the molecule is CCc1cc(O)cc2ncn(-c3ccc(O)cc3)c(=O)c12.CCc1cc(OC)cc2ncn(-c3ccc(OC)cc3)c(=O)c12. The molecular formula is C34H32N4O6. The van der Waals surface area contributed by atoms with Gasteiger partial charge in [0.05, 0.1) is 47.4 Å². The molecule has 0 unspecified atom stereocenters. The molecule has 10 nitrogen and oxygen atoms in total. The van der Waals surface area contributed by atoms with Crippen LogP contribution in [0, 0.1) is 0 Å². The van der Waals surface area contributed by atoms with Crippen molar-refractivity contribution in [1.29, 1.82) is 0 Å². The smallest absolute Gasteiger partial charge is 0.266 e. The summed E-state index contributed by atoms with van der Waals surface area (Å²) in [5, 5.41) is 20.1. The minimum absolute atomic E-state index is 0.0836. The third-order valence-electron chi connectivity index (χ3n) is 7.32. The fraction of sp³-hybridized carbons (Fsp3) is 0.176. The number of methoxy groups -OCH3 is 2. The zero-order chi connectivity index (χ0) is 31.4. The van der Waals surface area contributed by atoms with Crippen LogP contribution in [0.2, 0.25) is 0 Å². The van der Waals surface area contributed by atoms with Crippen LogP contribution >= 0.6 is 0 Å². The van der Waals surface area contributed by atoms with E-state index in [0.717, 1.165) is 29.0 Å². The Labute approximate surface area is 253 Å². The molecule has 10 heteroatoms. The predicted octanol–water partition coefficient (Wildman–Crippen LogP) is 5.32. The summed E-state index contributed by atoms with van der Waals surface area (Å²) in [4.78, 5) is 34.3. The first-order valence-corrected chi connectivity index (χ1v) is 14.0. The monoisotopic (exact) mass is 592 g/mol. The van der Waals surface area contributed by atoms with E-state index in [1.54, 1.807) is 49.4 Å². The highest BCUT2D eigenvalue weighted by molar-refractivity contribution is 5.84. The average molecular weight is 593 g/mol. The number of aromatic hydroxyl groups is 2. The van der Waals surface area contributed by atoms with Crippen molar-refractivity contribution in [2.75, 3.05) is 14.2 Å². The van der Waals surface area contributed by atoms with E-state index in [9.17, 15) is 19.8 Å². The molecule has 0 aliphatic heterocycles. The van der Waals surface area contributed by atoms with Gasteiger partial charge in [0.2, 0.25) is 0 Å². The van der Waals surface area contributed by atoms with Crippen molar-refractivity contribution in [2.24, 2.45) is 0 Å². The van der Waals surface area contributed by atoms with Crippen LogP contribution in [-0.2, 0) is 12.8 Å². The fourth-order valence-electron chi connectivity index (χ4n) is 5.01. The zero-order valence-electron chi connectivity index (χ0n) is 24.8. The molecular weight excluding hydrogens is 560 g/mol. The summed E-state index contributed by atoms with van der Waals surface area (Å²) in [5.74, 6) is 1.70. The number of hydrogen-bond donors (Lipinski definition) is 2. The lowest BCUT2D eigenvalue weighted by Gasteiger charge is -2.11. The second-order valence-electron chi connectivity index (χ2n) is 9.94. The molecule has 6 aromatic rings. The molecule has 4 aromatic carbocycles. The van der Waals surface area contributed by atoms with Gasteiger partial charge in [-0.1, -0.05) is 13.8 Å². The number of phenolic OH excluding ortho intramolecular Hbond substituents is 2. The molecule has 224 valence electrons. The number of phenols is 2. The summed E-state index contributed by atoms with van der Waals surface area (Å²) in [5.41, 5.74) is 3.92. The van der Waals surface area contributed by atoms with Gasteiger partial charge >= 0.3 is 0 Å². The third kappa shape index (κ3) is 5.82. The summed E-state index contributed by atoms with van der Waals surface area (Å²) < 4.78 is 13.4. The summed E-state index contributed by atoms with van der Waals surface area (Å²) in [6.07, 6.45) is 4.33. The number of aromatic nitrogens is 4. The van der Waals surface area contributed by atoms with Crippen molar-refractivity contribution < 1.29 is 19.7 Å². The van der Waals surface area contributed by atoms with Gasteiger partial charge < -0.3 is 19.7 Å². The average Bonchev–Trinajstić information content (AvgIpc) is 3.05. The number of ether oxygens (including phenoxy) is 2. The first-order valence-electron chi connectivity index (χ1n) is 14.0. The van der Waals surface area contributed by atoms with Crippen LogP contribution in [0.15, 0.2) is 95.0 Å². The Morgan fingerprint density at radius 2 is 1.09 bits per heavy atom. The molecule has 0 bridgehead atoms. The number of rotatable bonds is 6. The normalized spacial score (nSPS) is 10.8. The van der Waals surface area contributed by atoms with Gasteiger partial charge in [-0.2, -0.15) is 0 Å². The number of aryl methyl sites for hydroxylation is 2. The van der Waals surface area contributed by atoms with Crippen molar-refractivity contribution >= 4 is 21.8 Å². The quantitative estimate of drug-likeness (QED) is 0.266. The van der Waals surface area contributed by atoms with Gasteiger partial charge in [0.1, 0.15) is 35.7 Å². The Morgan fingerprint density at radius 3 is 1.59 bits per heavy atom. The molecule has 2 N–H and O–H groups in total. The molecule has 44 heavy (non-hydrogen) atoms. The maximum atomic E-state index is 12.9. The topological polar surface area (TPSA) is 129 Å². The van der Waals surface area contributed by atoms with Gasteiger partial charge in [0, 0.05) is 12.1 Å². The molecule has 0 amide bonds. The van der Waals surface area contributed by atoms with Gasteiger partial charge in [-0.15, -0.1) is 0 Å². The largest absolute Gasteiger partial charge is 0.508 e. The highest BCUT2D eigenvalue weighted by Crippen LogP contribution is 2.24. The molecule has 6 rings (SSSR count). The third-order valence-corrected chi connectivity index (χ3v) is 7.32. The van der Waals surface area contributed by atoms with Crippen molar-refractivity contribution in [3.8, 4) is 34.4 Å². The molecule has 0 aliphatic rings. The summed E-state index contributed by atoms with van der Waals surface area (Å²) in [7, 11) is 3.22. The van der Waals surface area contributed by atoms with Crippen LogP contribution in [-0.4, -0.2) is 43.5 Å². The molecule has 0 spiro atoms. The number of benzene rings is 4. The molecule has 2 aromatic heterocycles. The van der Waals surface area contributed by atoms with Crippen LogP contribution in [0.5, 0.6) is 23.0 Å².